The van der Waals surface area contributed by atoms with Gasteiger partial charge in [-0.05, 0) is 48.0 Å². The highest BCUT2D eigenvalue weighted by Crippen LogP contribution is 2.30. The average molecular weight is 372 g/mol. The zero-order valence-corrected chi connectivity index (χ0v) is 14.2. The molecule has 0 aliphatic carbocycles. The molecule has 0 aliphatic rings. The van der Waals surface area contributed by atoms with Crippen LogP contribution in [0.25, 0.3) is 5.57 Å². The lowest BCUT2D eigenvalue weighted by Crippen LogP contribution is -2.04. The third kappa shape index (κ3) is 6.08. The molecular formula is C21H15F3O3. The van der Waals surface area contributed by atoms with Crippen LogP contribution in [0, 0.1) is 11.8 Å². The summed E-state index contributed by atoms with van der Waals surface area (Å²) in [5.74, 6) is 5.30. The Morgan fingerprint density at radius 3 is 2.22 bits per heavy atom. The molecule has 0 saturated heterocycles. The number of aliphatic carboxylic acids is 1. The minimum absolute atomic E-state index is 0.386. The van der Waals surface area contributed by atoms with Crippen molar-refractivity contribution in [3.05, 3.63) is 83.4 Å². The Hall–Kier alpha value is -3.46. The summed E-state index contributed by atoms with van der Waals surface area (Å²) in [6.45, 7) is 0. The van der Waals surface area contributed by atoms with Gasteiger partial charge in [0.15, 0.2) is 0 Å². The topological polar surface area (TPSA) is 46.5 Å². The maximum atomic E-state index is 12.7. The number of halogens is 3. The molecular weight excluding hydrogens is 357 g/mol. The van der Waals surface area contributed by atoms with E-state index in [0.717, 1.165) is 18.2 Å². The lowest BCUT2D eigenvalue weighted by molar-refractivity contribution is -0.137. The van der Waals surface area contributed by atoms with Crippen LogP contribution in [0.5, 0.6) is 5.75 Å². The van der Waals surface area contributed by atoms with Crippen LogP contribution in [-0.2, 0) is 11.0 Å². The monoisotopic (exact) mass is 372 g/mol. The summed E-state index contributed by atoms with van der Waals surface area (Å²) in [5, 5.41) is 8.69. The van der Waals surface area contributed by atoms with Gasteiger partial charge in [-0.1, -0.05) is 30.0 Å². The fourth-order valence-corrected chi connectivity index (χ4v) is 2.09. The number of ether oxygens (including phenoxy) is 1. The predicted octanol–water partition coefficient (Wildman–Crippen LogP) is 4.79. The first-order valence-corrected chi connectivity index (χ1v) is 7.74. The molecule has 0 heterocycles. The van der Waals surface area contributed by atoms with E-state index in [1.54, 1.807) is 31.4 Å². The molecule has 0 amide bonds. The van der Waals surface area contributed by atoms with Gasteiger partial charge in [-0.25, -0.2) is 4.79 Å². The molecule has 0 unspecified atom stereocenters. The number of carboxylic acid groups (broad SMARTS) is 1. The highest BCUT2D eigenvalue weighted by atomic mass is 19.4. The first-order chi connectivity index (χ1) is 12.8. The summed E-state index contributed by atoms with van der Waals surface area (Å²) >= 11 is 0. The number of allylic oxidation sites excluding steroid dienone is 3. The molecule has 0 aliphatic heterocycles. The van der Waals surface area contributed by atoms with Crippen LogP contribution in [0.1, 0.15) is 16.7 Å². The molecule has 0 aromatic heterocycles. The van der Waals surface area contributed by atoms with Crippen LogP contribution in [0.4, 0.5) is 13.2 Å². The van der Waals surface area contributed by atoms with Gasteiger partial charge in [0.05, 0.1) is 12.7 Å². The van der Waals surface area contributed by atoms with Crippen molar-refractivity contribution < 1.29 is 27.8 Å². The Kier molecular flexibility index (Phi) is 6.45. The Morgan fingerprint density at radius 2 is 1.70 bits per heavy atom. The maximum Gasteiger partial charge on any atom is 0.416 e. The Bertz CT molecular complexity index is 910. The predicted molar refractivity (Wildman–Crippen MR) is 96.1 cm³/mol. The molecule has 3 nitrogen and oxygen atoms in total. The van der Waals surface area contributed by atoms with E-state index < -0.39 is 17.7 Å². The average Bonchev–Trinajstić information content (AvgIpc) is 2.64. The summed E-state index contributed by atoms with van der Waals surface area (Å²) in [6, 6.07) is 11.5. The molecule has 2 aromatic rings. The van der Waals surface area contributed by atoms with Gasteiger partial charge in [-0.2, -0.15) is 13.2 Å². The van der Waals surface area contributed by atoms with Gasteiger partial charge < -0.3 is 9.84 Å². The summed E-state index contributed by atoms with van der Waals surface area (Å²) in [7, 11) is 1.54. The first kappa shape index (κ1) is 19.9. The fraction of sp³-hybridized carbons (Fsp3) is 0.0952. The molecule has 1 N–H and O–H groups in total. The third-order valence-corrected chi connectivity index (χ3v) is 3.46. The highest BCUT2D eigenvalue weighted by molar-refractivity contribution is 5.84. The second kappa shape index (κ2) is 8.77. The second-order valence-corrected chi connectivity index (χ2v) is 5.33. The van der Waals surface area contributed by atoms with E-state index in [4.69, 9.17) is 9.84 Å². The number of benzene rings is 2. The van der Waals surface area contributed by atoms with Crippen LogP contribution < -0.4 is 4.74 Å². The van der Waals surface area contributed by atoms with Crippen LogP contribution in [-0.4, -0.2) is 18.2 Å². The van der Waals surface area contributed by atoms with Crippen molar-refractivity contribution in [2.45, 2.75) is 6.18 Å². The summed E-state index contributed by atoms with van der Waals surface area (Å²) in [6.07, 6.45) is -0.801. The Labute approximate surface area is 154 Å². The summed E-state index contributed by atoms with van der Waals surface area (Å²) in [5.41, 5.74) is 0.738. The number of hydrogen-bond donors (Lipinski definition) is 1. The second-order valence-electron chi connectivity index (χ2n) is 5.33. The standard InChI is InChI=1S/C21H15F3O3/c1-27-19-13-6-15(7-14-19)5-8-16(3-2-4-20(25)26)17-9-11-18(12-10-17)21(22,23)24/h2-4,6-7,9-14H,1H3,(H,25,26)/b4-2-,16-3+. The number of alkyl halides is 3. The molecule has 0 atom stereocenters. The molecule has 2 rings (SSSR count). The van der Waals surface area contributed by atoms with Crippen LogP contribution >= 0.6 is 0 Å². The largest absolute Gasteiger partial charge is 0.497 e. The molecule has 138 valence electrons. The van der Waals surface area contributed by atoms with Gasteiger partial charge in [0.2, 0.25) is 0 Å². The van der Waals surface area contributed by atoms with Gasteiger partial charge in [0, 0.05) is 17.2 Å². The number of carbonyl (C=O) groups is 1. The Morgan fingerprint density at radius 1 is 1.07 bits per heavy atom. The normalized spacial score (nSPS) is 11.8. The molecule has 0 fully saturated rings. The lowest BCUT2D eigenvalue weighted by Gasteiger charge is -2.07. The number of hydrogen-bond acceptors (Lipinski definition) is 2. The summed E-state index contributed by atoms with van der Waals surface area (Å²) < 4.78 is 43.2. The minimum atomic E-state index is -4.43. The van der Waals surface area contributed by atoms with E-state index in [0.29, 0.717) is 22.4 Å². The first-order valence-electron chi connectivity index (χ1n) is 7.74. The van der Waals surface area contributed by atoms with E-state index in [1.807, 2.05) is 0 Å². The number of methoxy groups -OCH3 is 1. The molecule has 0 bridgehead atoms. The molecule has 6 heteroatoms. The van der Waals surface area contributed by atoms with E-state index >= 15 is 0 Å². The fourth-order valence-electron chi connectivity index (χ4n) is 2.09. The van der Waals surface area contributed by atoms with E-state index in [-0.39, 0.29) is 0 Å². The van der Waals surface area contributed by atoms with E-state index in [9.17, 15) is 18.0 Å². The Balaban J connectivity index is 2.37. The van der Waals surface area contributed by atoms with Crippen molar-refractivity contribution in [1.29, 1.82) is 0 Å². The summed E-state index contributed by atoms with van der Waals surface area (Å²) in [4.78, 5) is 10.6. The third-order valence-electron chi connectivity index (χ3n) is 3.46. The van der Waals surface area contributed by atoms with Crippen LogP contribution in [0.3, 0.4) is 0 Å². The SMILES string of the molecule is COc1ccc(C#C/C(=C\C=C/C(=O)O)c2ccc(C(F)(F)F)cc2)cc1. The molecule has 0 saturated carbocycles. The van der Waals surface area contributed by atoms with Crippen molar-refractivity contribution in [1.82, 2.24) is 0 Å². The van der Waals surface area contributed by atoms with Gasteiger partial charge in [-0.3, -0.25) is 0 Å². The molecule has 0 radical (unpaired) electrons. The molecule has 2 aromatic carbocycles. The van der Waals surface area contributed by atoms with Crippen molar-refractivity contribution >= 4 is 11.5 Å². The molecule has 27 heavy (non-hydrogen) atoms. The van der Waals surface area contributed by atoms with Crippen molar-refractivity contribution in [3.63, 3.8) is 0 Å². The smallest absolute Gasteiger partial charge is 0.416 e. The van der Waals surface area contributed by atoms with Crippen LogP contribution in [0.15, 0.2) is 66.8 Å². The van der Waals surface area contributed by atoms with Crippen molar-refractivity contribution in [2.75, 3.05) is 7.11 Å². The quantitative estimate of drug-likeness (QED) is 0.477. The lowest BCUT2D eigenvalue weighted by atomic mass is 10.0. The van der Waals surface area contributed by atoms with E-state index in [2.05, 4.69) is 11.8 Å². The zero-order chi connectivity index (χ0) is 19.9. The van der Waals surface area contributed by atoms with Gasteiger partial charge in [-0.15, -0.1) is 0 Å². The highest BCUT2D eigenvalue weighted by Gasteiger charge is 2.29. The maximum absolute atomic E-state index is 12.7. The number of carboxylic acids is 1. The van der Waals surface area contributed by atoms with Crippen molar-refractivity contribution in [3.8, 4) is 17.6 Å². The van der Waals surface area contributed by atoms with Crippen LogP contribution in [0.2, 0.25) is 0 Å². The van der Waals surface area contributed by atoms with E-state index in [1.165, 1.54) is 24.3 Å². The van der Waals surface area contributed by atoms with Crippen molar-refractivity contribution in [2.24, 2.45) is 0 Å². The minimum Gasteiger partial charge on any atom is -0.497 e. The van der Waals surface area contributed by atoms with Gasteiger partial charge >= 0.3 is 12.1 Å². The van der Waals surface area contributed by atoms with Gasteiger partial charge in [0.1, 0.15) is 5.75 Å². The van der Waals surface area contributed by atoms with Gasteiger partial charge in [0.25, 0.3) is 0 Å². The molecule has 0 spiro atoms. The number of rotatable bonds is 4. The zero-order valence-electron chi connectivity index (χ0n) is 14.2.